The van der Waals surface area contributed by atoms with Gasteiger partial charge in [0.1, 0.15) is 28.7 Å². The molecular weight excluding hydrogens is 639 g/mol. The number of aromatic nitrogens is 3. The van der Waals surface area contributed by atoms with E-state index in [-0.39, 0.29) is 41.3 Å². The summed E-state index contributed by atoms with van der Waals surface area (Å²) >= 11 is 0. The summed E-state index contributed by atoms with van der Waals surface area (Å²) in [4.78, 5) is 38.9. The van der Waals surface area contributed by atoms with Gasteiger partial charge in [-0.3, -0.25) is 23.7 Å². The Kier molecular flexibility index (Phi) is 9.17. The number of carbonyl (C=O) groups is 1. The number of para-hydroxylation sites is 1. The summed E-state index contributed by atoms with van der Waals surface area (Å²) < 4.78 is 28.4. The molecule has 1 atom stereocenters. The molecule has 7 rings (SSSR count). The maximum absolute atomic E-state index is 14.3. The number of nitrogen functional groups attached to an aromatic ring is 1. The Labute approximate surface area is 289 Å². The minimum atomic E-state index is -0.497. The Balaban J connectivity index is 1.12. The van der Waals surface area contributed by atoms with E-state index in [1.54, 1.807) is 64.2 Å². The maximum Gasteiger partial charge on any atom is 0.334 e. The number of piperidine rings is 1. The van der Waals surface area contributed by atoms with Crippen molar-refractivity contribution in [3.05, 3.63) is 88.7 Å². The quantitative estimate of drug-likeness (QED) is 0.216. The molecule has 2 aromatic heterocycles. The zero-order valence-corrected chi connectivity index (χ0v) is 28.3. The summed E-state index contributed by atoms with van der Waals surface area (Å²) in [5.41, 5.74) is 7.23. The van der Waals surface area contributed by atoms with Crippen LogP contribution in [-0.4, -0.2) is 98.8 Å². The molecule has 0 radical (unpaired) electrons. The normalized spacial score (nSPS) is 19.7. The van der Waals surface area contributed by atoms with Crippen LogP contribution in [0.1, 0.15) is 32.7 Å². The smallest absolute Gasteiger partial charge is 0.334 e. The molecule has 3 aliphatic rings. The van der Waals surface area contributed by atoms with E-state index in [9.17, 15) is 19.2 Å². The van der Waals surface area contributed by atoms with Gasteiger partial charge in [-0.15, -0.1) is 0 Å². The molecule has 4 aromatic rings. The van der Waals surface area contributed by atoms with E-state index >= 15 is 0 Å². The largest absolute Gasteiger partial charge is 0.454 e. The summed E-state index contributed by atoms with van der Waals surface area (Å²) in [6, 6.07) is 16.9. The first-order chi connectivity index (χ1) is 24.1. The van der Waals surface area contributed by atoms with E-state index in [0.29, 0.717) is 47.9 Å². The van der Waals surface area contributed by atoms with Crippen molar-refractivity contribution in [2.75, 3.05) is 58.2 Å². The first kappa shape index (κ1) is 33.5. The van der Waals surface area contributed by atoms with Gasteiger partial charge in [0.15, 0.2) is 11.6 Å². The summed E-state index contributed by atoms with van der Waals surface area (Å²) in [5.74, 6) is -0.135. The van der Waals surface area contributed by atoms with Gasteiger partial charge in [0.25, 0.3) is 5.91 Å². The number of amides is 1. The number of benzene rings is 2. The molecular formula is C37H41FN8O4. The molecule has 2 N–H and O–H groups in total. The average Bonchev–Trinajstić information content (AvgIpc) is 3.40. The number of pyridine rings is 1. The third-order valence-corrected chi connectivity index (χ3v) is 10.1. The van der Waals surface area contributed by atoms with Crippen molar-refractivity contribution >= 4 is 22.8 Å². The molecule has 5 heterocycles. The fourth-order valence-corrected chi connectivity index (χ4v) is 7.30. The van der Waals surface area contributed by atoms with Crippen LogP contribution in [0.3, 0.4) is 0 Å². The first-order valence-electron chi connectivity index (χ1n) is 17.0. The van der Waals surface area contributed by atoms with Gasteiger partial charge in [0, 0.05) is 51.0 Å². The molecule has 3 aliphatic heterocycles. The lowest BCUT2D eigenvalue weighted by Gasteiger charge is -2.46. The maximum atomic E-state index is 14.3. The van der Waals surface area contributed by atoms with E-state index in [0.717, 1.165) is 39.4 Å². The number of nitrogens with zero attached hydrogens (tertiary/aromatic N) is 7. The molecule has 260 valence electrons. The van der Waals surface area contributed by atoms with Gasteiger partial charge >= 0.3 is 5.69 Å². The van der Waals surface area contributed by atoms with Crippen molar-refractivity contribution in [1.29, 1.82) is 5.26 Å². The topological polar surface area (TPSA) is 135 Å². The number of anilines is 1. The summed E-state index contributed by atoms with van der Waals surface area (Å²) in [5, 5.41) is 10.2. The van der Waals surface area contributed by atoms with Crippen molar-refractivity contribution in [2.24, 2.45) is 0 Å². The molecule has 0 aliphatic carbocycles. The van der Waals surface area contributed by atoms with Gasteiger partial charge in [-0.1, -0.05) is 12.1 Å². The average molecular weight is 681 g/mol. The highest BCUT2D eigenvalue weighted by atomic mass is 19.1. The molecule has 0 bridgehead atoms. The number of nitriles is 1. The van der Waals surface area contributed by atoms with Crippen LogP contribution in [0.2, 0.25) is 0 Å². The number of likely N-dealkylation sites (tertiary alicyclic amines) is 1. The highest BCUT2D eigenvalue weighted by Crippen LogP contribution is 2.31. The molecule has 0 saturated carbocycles. The molecule has 3 saturated heterocycles. The van der Waals surface area contributed by atoms with Crippen LogP contribution in [0.5, 0.6) is 11.5 Å². The lowest BCUT2D eigenvalue weighted by atomic mass is 9.96. The van der Waals surface area contributed by atoms with Crippen LogP contribution in [0, 0.1) is 17.1 Å². The third kappa shape index (κ3) is 6.37. The van der Waals surface area contributed by atoms with Gasteiger partial charge in [-0.05, 0) is 75.2 Å². The summed E-state index contributed by atoms with van der Waals surface area (Å²) in [6.45, 7) is 9.92. The number of carbonyl (C=O) groups excluding carboxylic acids is 1. The molecule has 1 amide bonds. The molecule has 13 heteroatoms. The number of ether oxygens (including phenoxy) is 2. The number of hydrogen-bond donors (Lipinski definition) is 1. The zero-order chi connectivity index (χ0) is 35.0. The minimum Gasteiger partial charge on any atom is -0.454 e. The molecule has 12 nitrogen and oxygen atoms in total. The SMILES string of the molecule is CC(C)(C=C(C#N)C(=O)N1CCCC(n2c(=O)n(-c3ccc(Oc4ccccc4F)cc3)c3c(N)nccc32)C1)N1CCN(C2COC2)CC1. The van der Waals surface area contributed by atoms with Gasteiger partial charge in [0.05, 0.1) is 36.5 Å². The van der Waals surface area contributed by atoms with Crippen molar-refractivity contribution in [3.63, 3.8) is 0 Å². The second kappa shape index (κ2) is 13.7. The summed E-state index contributed by atoms with van der Waals surface area (Å²) in [6.07, 6.45) is 4.68. The zero-order valence-electron chi connectivity index (χ0n) is 28.3. The predicted octanol–water partition coefficient (Wildman–Crippen LogP) is 4.11. The Hall–Kier alpha value is -5.03. The molecule has 3 fully saturated rings. The fraction of sp³-hybridized carbons (Fsp3) is 0.405. The van der Waals surface area contributed by atoms with E-state index < -0.39 is 11.4 Å². The summed E-state index contributed by atoms with van der Waals surface area (Å²) in [7, 11) is 0. The number of nitrogens with two attached hydrogens (primary N) is 1. The highest BCUT2D eigenvalue weighted by Gasteiger charge is 2.35. The van der Waals surface area contributed by atoms with Crippen LogP contribution in [-0.2, 0) is 9.53 Å². The minimum absolute atomic E-state index is 0.0924. The van der Waals surface area contributed by atoms with Crippen molar-refractivity contribution in [2.45, 2.75) is 44.3 Å². The van der Waals surface area contributed by atoms with Crippen LogP contribution >= 0.6 is 0 Å². The number of fused-ring (bicyclic) bond motifs is 1. The number of rotatable bonds is 8. The molecule has 2 aromatic carbocycles. The van der Waals surface area contributed by atoms with E-state index in [1.807, 2.05) is 13.8 Å². The molecule has 1 unspecified atom stereocenters. The van der Waals surface area contributed by atoms with E-state index in [2.05, 4.69) is 20.9 Å². The second-order valence-electron chi connectivity index (χ2n) is 13.7. The Morgan fingerprint density at radius 2 is 1.80 bits per heavy atom. The van der Waals surface area contributed by atoms with Gasteiger partial charge in [-0.2, -0.15) is 5.26 Å². The Morgan fingerprint density at radius 1 is 1.06 bits per heavy atom. The van der Waals surface area contributed by atoms with E-state index in [1.165, 1.54) is 16.7 Å². The molecule has 50 heavy (non-hydrogen) atoms. The van der Waals surface area contributed by atoms with Crippen molar-refractivity contribution < 1.29 is 18.7 Å². The third-order valence-electron chi connectivity index (χ3n) is 10.1. The van der Waals surface area contributed by atoms with Crippen molar-refractivity contribution in [3.8, 4) is 23.3 Å². The van der Waals surface area contributed by atoms with Crippen LogP contribution in [0.25, 0.3) is 16.7 Å². The van der Waals surface area contributed by atoms with Crippen LogP contribution < -0.4 is 16.2 Å². The second-order valence-corrected chi connectivity index (χ2v) is 13.7. The standard InChI is InChI=1S/C37H41FN8O4/c1-37(2,44-18-16-42(17-19-44)28-23-49-24-28)20-25(21-39)35(47)43-15-5-6-27(22-43)45-31-13-14-41-34(40)33(31)46(36(45)48)26-9-11-29(12-10-26)50-32-8-4-3-7-30(32)38/h3-4,7-14,20,27-28H,5-6,15-19,22-24H2,1-2H3,(H2,40,41). The van der Waals surface area contributed by atoms with Gasteiger partial charge in [-0.25, -0.2) is 14.2 Å². The van der Waals surface area contributed by atoms with Gasteiger partial charge < -0.3 is 20.1 Å². The lowest BCUT2D eigenvalue weighted by Crippen LogP contribution is -2.59. The van der Waals surface area contributed by atoms with E-state index in [4.69, 9.17) is 15.2 Å². The highest BCUT2D eigenvalue weighted by molar-refractivity contribution is 5.97. The predicted molar refractivity (Wildman–Crippen MR) is 187 cm³/mol. The van der Waals surface area contributed by atoms with Crippen LogP contribution in [0.15, 0.2) is 77.2 Å². The first-order valence-corrected chi connectivity index (χ1v) is 17.0. The fourth-order valence-electron chi connectivity index (χ4n) is 7.30. The van der Waals surface area contributed by atoms with Crippen LogP contribution in [0.4, 0.5) is 10.2 Å². The number of imidazole rings is 1. The monoisotopic (exact) mass is 680 g/mol. The van der Waals surface area contributed by atoms with Gasteiger partial charge in [0.2, 0.25) is 0 Å². The number of halogens is 1. The number of hydrogen-bond acceptors (Lipinski definition) is 9. The Morgan fingerprint density at radius 3 is 2.48 bits per heavy atom. The number of piperazine rings is 1. The lowest BCUT2D eigenvalue weighted by molar-refractivity contribution is -0.128. The Bertz CT molecular complexity index is 2020. The van der Waals surface area contributed by atoms with Crippen molar-refractivity contribution in [1.82, 2.24) is 28.8 Å². The molecule has 0 spiro atoms.